The van der Waals surface area contributed by atoms with Crippen LogP contribution in [0.3, 0.4) is 0 Å². The van der Waals surface area contributed by atoms with E-state index < -0.39 is 5.97 Å². The van der Waals surface area contributed by atoms with Gasteiger partial charge >= 0.3 is 146 Å². The number of aliphatic carboxylic acids is 1. The second-order valence-electron chi connectivity index (χ2n) is 5.40. The van der Waals surface area contributed by atoms with Crippen molar-refractivity contribution in [2.75, 3.05) is 0 Å². The molecule has 0 atom stereocenters. The van der Waals surface area contributed by atoms with Crippen LogP contribution in [0.15, 0.2) is 78.9 Å². The summed E-state index contributed by atoms with van der Waals surface area (Å²) in [5, 5.41) is 11.1. The van der Waals surface area contributed by atoms with E-state index in [1.165, 1.54) is 20.1 Å². The van der Waals surface area contributed by atoms with Gasteiger partial charge in [0, 0.05) is 26.4 Å². The Labute approximate surface area is 187 Å². The maximum atomic E-state index is 8.89. The van der Waals surface area contributed by atoms with Gasteiger partial charge in [0.1, 0.15) is 0 Å². The van der Waals surface area contributed by atoms with Crippen LogP contribution in [-0.4, -0.2) is 35.9 Å². The van der Waals surface area contributed by atoms with Gasteiger partial charge in [0.25, 0.3) is 0 Å². The zero-order valence-corrected chi connectivity index (χ0v) is 19.8. The number of carbonyl (C=O) groups excluding carboxylic acids is 1. The van der Waals surface area contributed by atoms with Crippen LogP contribution < -0.4 is 14.0 Å². The Morgan fingerprint density at radius 3 is 1.52 bits per heavy atom. The molecule has 5 heteroatoms. The average Bonchev–Trinajstić information content (AvgIpc) is 2.66. The third kappa shape index (κ3) is 10.7. The molecule has 0 aliphatic carbocycles. The van der Waals surface area contributed by atoms with Gasteiger partial charge < -0.3 is 9.90 Å². The number of benzene rings is 3. The van der Waals surface area contributed by atoms with E-state index in [-0.39, 0.29) is 20.4 Å². The van der Waals surface area contributed by atoms with Gasteiger partial charge in [-0.2, -0.15) is 0 Å². The summed E-state index contributed by atoms with van der Waals surface area (Å²) in [5.74, 6) is -1.08. The van der Waals surface area contributed by atoms with Gasteiger partial charge in [-0.05, 0) is 6.92 Å². The Hall–Kier alpha value is -1.17. The van der Waals surface area contributed by atoms with E-state index >= 15 is 0 Å². The molecule has 3 aromatic rings. The van der Waals surface area contributed by atoms with Crippen molar-refractivity contribution in [1.29, 1.82) is 0 Å². The molecule has 0 unspecified atom stereocenters. The predicted octanol–water partition coefficient (Wildman–Crippen LogP) is 1.30. The minimum atomic E-state index is -1.08. The normalized spacial score (nSPS) is 9.52. The van der Waals surface area contributed by atoms with Crippen molar-refractivity contribution >= 4 is 44.8 Å². The van der Waals surface area contributed by atoms with E-state index in [1.54, 1.807) is 0 Å². The van der Waals surface area contributed by atoms with Crippen molar-refractivity contribution in [1.82, 2.24) is 0 Å². The molecule has 0 spiro atoms. The number of carbonyl (C=O) groups is 1. The molecule has 0 amide bonds. The molecule has 0 aliphatic rings. The quantitative estimate of drug-likeness (QED) is 0.413. The molecule has 27 heavy (non-hydrogen) atoms. The van der Waals surface area contributed by atoms with E-state index in [0.717, 1.165) is 17.6 Å². The molecule has 0 saturated heterocycles. The summed E-state index contributed by atoms with van der Waals surface area (Å²) in [6, 6.07) is 31.8. The molecule has 3 rings (SSSR count). The minimum absolute atomic E-state index is 0. The van der Waals surface area contributed by atoms with Gasteiger partial charge in [-0.3, -0.25) is 0 Å². The number of rotatable bonds is 6. The average molecular weight is 581 g/mol. The molecule has 3 aromatic carbocycles. The van der Waals surface area contributed by atoms with Crippen molar-refractivity contribution in [2.24, 2.45) is 0 Å². The summed E-state index contributed by atoms with van der Waals surface area (Å²) in [5.41, 5.74) is 2.70. The molecule has 143 valence electrons. The van der Waals surface area contributed by atoms with Gasteiger partial charge in [-0.25, -0.2) is 0 Å². The monoisotopic (exact) mass is 582 g/mol. The molecule has 0 bridgehead atoms. The maximum absolute atomic E-state index is 8.89. The molecule has 1 radical (unpaired) electrons. The molecule has 0 aromatic heterocycles. The third-order valence-electron chi connectivity index (χ3n) is 3.19. The van der Waals surface area contributed by atoms with Gasteiger partial charge in [0.15, 0.2) is 0 Å². The fraction of sp³-hybridized carbons (Fsp3) is 0.136. The Kier molecular flexibility index (Phi) is 12.3. The Morgan fingerprint density at radius 1 is 0.778 bits per heavy atom. The SMILES string of the molecule is CC(=O)[O-].[Pd].[c]1c(C[Se]c2ccccc2)cccc1C[Se]c1ccccc1. The number of hydrogen-bond acceptors (Lipinski definition) is 2. The number of carboxylic acid groups (broad SMARTS) is 1. The first kappa shape index (κ1) is 23.9. The Morgan fingerprint density at radius 2 is 1.15 bits per heavy atom. The summed E-state index contributed by atoms with van der Waals surface area (Å²) in [7, 11) is 0. The second kappa shape index (κ2) is 13.9. The van der Waals surface area contributed by atoms with Gasteiger partial charge in [-0.1, -0.05) is 0 Å². The van der Waals surface area contributed by atoms with Crippen molar-refractivity contribution < 1.29 is 30.3 Å². The van der Waals surface area contributed by atoms with Gasteiger partial charge in [-0.15, -0.1) is 0 Å². The fourth-order valence-electron chi connectivity index (χ4n) is 2.09. The van der Waals surface area contributed by atoms with Crippen LogP contribution in [0.4, 0.5) is 0 Å². The van der Waals surface area contributed by atoms with Crippen LogP contribution in [0.1, 0.15) is 18.1 Å². The standard InChI is InChI=1S/C20H17Se2.C2H4O2.Pd/c1-3-10-19(11-4-1)21-15-17-8-7-9-18(14-17)16-22-20-12-5-2-6-13-20;1-2(3)4;/h1-13H,15-16H2;1H3,(H,3,4);/p-1. The first-order chi connectivity index (χ1) is 12.6. The van der Waals surface area contributed by atoms with Crippen LogP contribution in [0.25, 0.3) is 0 Å². The Bertz CT molecular complexity index is 733. The summed E-state index contributed by atoms with van der Waals surface area (Å²) in [6.45, 7) is 0.972. The summed E-state index contributed by atoms with van der Waals surface area (Å²) >= 11 is 1.00. The van der Waals surface area contributed by atoms with Gasteiger partial charge in [0.05, 0.1) is 0 Å². The molecule has 0 heterocycles. The van der Waals surface area contributed by atoms with Crippen LogP contribution >= 0.6 is 0 Å². The number of hydrogen-bond donors (Lipinski definition) is 0. The van der Waals surface area contributed by atoms with E-state index in [4.69, 9.17) is 9.90 Å². The van der Waals surface area contributed by atoms with Crippen LogP contribution in [0.2, 0.25) is 0 Å². The topological polar surface area (TPSA) is 40.1 Å². The van der Waals surface area contributed by atoms with Gasteiger partial charge in [0.2, 0.25) is 0 Å². The molecular weight excluding hydrogens is 561 g/mol. The van der Waals surface area contributed by atoms with Crippen molar-refractivity contribution in [3.05, 3.63) is 96.1 Å². The summed E-state index contributed by atoms with van der Waals surface area (Å²) in [4.78, 5) is 8.89. The first-order valence-corrected chi connectivity index (χ1v) is 12.3. The van der Waals surface area contributed by atoms with Crippen molar-refractivity contribution in [3.63, 3.8) is 0 Å². The fourth-order valence-corrected chi connectivity index (χ4v) is 5.62. The zero-order valence-electron chi connectivity index (χ0n) is 14.9. The Balaban J connectivity index is 0.000000666. The van der Waals surface area contributed by atoms with Crippen molar-refractivity contribution in [3.8, 4) is 0 Å². The predicted molar refractivity (Wildman–Crippen MR) is 107 cm³/mol. The summed E-state index contributed by atoms with van der Waals surface area (Å²) in [6.07, 6.45) is 0. The molecular formula is C22H20O2PdSe2-. The van der Waals surface area contributed by atoms with Crippen molar-refractivity contribution in [2.45, 2.75) is 17.6 Å². The molecule has 0 N–H and O–H groups in total. The van der Waals surface area contributed by atoms with E-state index in [0.29, 0.717) is 29.9 Å². The zero-order chi connectivity index (χ0) is 18.6. The molecule has 0 fully saturated rings. The second-order valence-corrected chi connectivity index (χ2v) is 9.80. The van der Waals surface area contributed by atoms with E-state index in [1.807, 2.05) is 0 Å². The van der Waals surface area contributed by atoms with Crippen LogP contribution in [0, 0.1) is 6.07 Å². The third-order valence-corrected chi connectivity index (χ3v) is 7.64. The van der Waals surface area contributed by atoms with Crippen LogP contribution in [-0.2, 0) is 35.9 Å². The van der Waals surface area contributed by atoms with E-state index in [2.05, 4.69) is 84.9 Å². The number of carboxylic acids is 1. The molecule has 0 saturated carbocycles. The molecule has 2 nitrogen and oxygen atoms in total. The molecule has 0 aliphatic heterocycles. The summed E-state index contributed by atoms with van der Waals surface area (Å²) < 4.78 is 2.92. The first-order valence-electron chi connectivity index (χ1n) is 8.17. The van der Waals surface area contributed by atoms with Crippen LogP contribution in [0.5, 0.6) is 0 Å². The van der Waals surface area contributed by atoms with E-state index in [9.17, 15) is 0 Å².